The minimum Gasteiger partial charge on any atom is -0.365 e. The summed E-state index contributed by atoms with van der Waals surface area (Å²) < 4.78 is 23.4. The van der Waals surface area contributed by atoms with Gasteiger partial charge in [0, 0.05) is 11.9 Å². The number of sulfone groups is 1. The van der Waals surface area contributed by atoms with E-state index >= 15 is 0 Å². The molecule has 0 fully saturated rings. The van der Waals surface area contributed by atoms with Crippen LogP contribution < -0.4 is 11.3 Å². The zero-order chi connectivity index (χ0) is 14.2. The second kappa shape index (κ2) is 4.37. The van der Waals surface area contributed by atoms with E-state index in [0.29, 0.717) is 0 Å². The van der Waals surface area contributed by atoms with Gasteiger partial charge in [0.1, 0.15) is 5.56 Å². The fourth-order valence-corrected chi connectivity index (χ4v) is 2.94. The number of carbonyl (C=O) groups is 2. The molecule has 1 aromatic heterocycles. The topological polar surface area (TPSA) is 127 Å². The van der Waals surface area contributed by atoms with E-state index < -0.39 is 37.5 Å². The van der Waals surface area contributed by atoms with Crippen LogP contribution in [0.5, 0.6) is 0 Å². The van der Waals surface area contributed by atoms with E-state index in [1.54, 1.807) is 0 Å². The molecule has 3 N–H and O–H groups in total. The Hall–Kier alpha value is -1.96. The number of aryl methyl sites for hydroxylation is 1. The Bertz CT molecular complexity index is 700. The molecule has 0 bridgehead atoms. The molecule has 1 amide bonds. The highest BCUT2D eigenvalue weighted by Gasteiger charge is 2.28. The van der Waals surface area contributed by atoms with Gasteiger partial charge in [-0.15, -0.1) is 0 Å². The lowest BCUT2D eigenvalue weighted by Gasteiger charge is -2.11. The van der Waals surface area contributed by atoms with Gasteiger partial charge in [-0.2, -0.15) is 0 Å². The van der Waals surface area contributed by atoms with Crippen LogP contribution in [0.4, 0.5) is 0 Å². The molecule has 7 nitrogen and oxygen atoms in total. The van der Waals surface area contributed by atoms with Crippen molar-refractivity contribution in [1.29, 1.82) is 0 Å². The molecule has 1 rings (SSSR count). The molecule has 1 heterocycles. The maximum Gasteiger partial charge on any atom is 0.262 e. The number of nitrogens with two attached hydrogens (primary N) is 1. The van der Waals surface area contributed by atoms with Crippen molar-refractivity contribution >= 4 is 21.5 Å². The maximum absolute atomic E-state index is 11.7. The predicted molar refractivity (Wildman–Crippen MR) is 63.4 cm³/mol. The molecule has 0 saturated heterocycles. The van der Waals surface area contributed by atoms with Crippen LogP contribution in [0.1, 0.15) is 33.3 Å². The number of hydrogen-bond donors (Lipinski definition) is 2. The van der Waals surface area contributed by atoms with Gasteiger partial charge in [0.15, 0.2) is 15.6 Å². The molecule has 0 radical (unpaired) electrons. The summed E-state index contributed by atoms with van der Waals surface area (Å²) in [4.78, 5) is 35.9. The third kappa shape index (κ3) is 2.33. The van der Waals surface area contributed by atoms with E-state index in [0.717, 1.165) is 13.2 Å². The molecule has 0 unspecified atom stereocenters. The summed E-state index contributed by atoms with van der Waals surface area (Å²) in [5.41, 5.74) is 3.22. The minimum absolute atomic E-state index is 0.0814. The summed E-state index contributed by atoms with van der Waals surface area (Å²) in [6, 6.07) is 0. The number of H-pyrrole nitrogens is 1. The average molecular weight is 272 g/mol. The van der Waals surface area contributed by atoms with Crippen LogP contribution in [-0.2, 0) is 9.84 Å². The quantitative estimate of drug-likeness (QED) is 0.709. The second-order valence-corrected chi connectivity index (χ2v) is 5.80. The molecule has 18 heavy (non-hydrogen) atoms. The first-order valence-electron chi connectivity index (χ1n) is 4.85. The SMILES string of the molecule is CC(=O)c1c(C)[nH]c(=O)c(C(N)=O)c1S(C)(=O)=O. The Morgan fingerprint density at radius 2 is 1.72 bits per heavy atom. The zero-order valence-electron chi connectivity index (χ0n) is 10.0. The predicted octanol–water partition coefficient (Wildman–Crippen LogP) is -0.612. The third-order valence-electron chi connectivity index (χ3n) is 2.33. The molecule has 0 aliphatic rings. The number of rotatable bonds is 3. The highest BCUT2D eigenvalue weighted by Crippen LogP contribution is 2.20. The number of aromatic nitrogens is 1. The summed E-state index contributed by atoms with van der Waals surface area (Å²) >= 11 is 0. The van der Waals surface area contributed by atoms with Gasteiger partial charge in [-0.1, -0.05) is 0 Å². The van der Waals surface area contributed by atoms with E-state index in [-0.39, 0.29) is 11.3 Å². The van der Waals surface area contributed by atoms with Crippen molar-refractivity contribution in [3.05, 3.63) is 27.2 Å². The van der Waals surface area contributed by atoms with Gasteiger partial charge < -0.3 is 10.7 Å². The first-order chi connectivity index (χ1) is 8.07. The number of primary amides is 1. The van der Waals surface area contributed by atoms with E-state index in [4.69, 9.17) is 5.73 Å². The molecule has 98 valence electrons. The molecule has 1 aromatic rings. The molecular weight excluding hydrogens is 260 g/mol. The van der Waals surface area contributed by atoms with Crippen LogP contribution in [0.15, 0.2) is 9.69 Å². The third-order valence-corrected chi connectivity index (χ3v) is 3.48. The monoisotopic (exact) mass is 272 g/mol. The largest absolute Gasteiger partial charge is 0.365 e. The van der Waals surface area contributed by atoms with Gasteiger partial charge in [-0.3, -0.25) is 14.4 Å². The van der Waals surface area contributed by atoms with Crippen LogP contribution in [0.2, 0.25) is 0 Å². The second-order valence-electron chi connectivity index (χ2n) is 3.85. The number of hydrogen-bond acceptors (Lipinski definition) is 5. The lowest BCUT2D eigenvalue weighted by atomic mass is 10.1. The standard InChI is InChI=1S/C10H12N2O5S/c1-4-6(5(2)13)8(18(3,16)17)7(9(11)14)10(15)12-4/h1-3H3,(H2,11,14)(H,12,15). The molecule has 0 aliphatic carbocycles. The Labute approximate surface area is 103 Å². The van der Waals surface area contributed by atoms with Gasteiger partial charge in [0.25, 0.3) is 11.5 Å². The first kappa shape index (κ1) is 14.1. The Morgan fingerprint density at radius 1 is 1.22 bits per heavy atom. The van der Waals surface area contributed by atoms with Crippen LogP contribution in [0, 0.1) is 6.92 Å². The minimum atomic E-state index is -3.94. The number of ketones is 1. The van der Waals surface area contributed by atoms with Crippen LogP contribution >= 0.6 is 0 Å². The lowest BCUT2D eigenvalue weighted by Crippen LogP contribution is -2.30. The number of aromatic amines is 1. The fourth-order valence-electron chi connectivity index (χ4n) is 1.71. The lowest BCUT2D eigenvalue weighted by molar-refractivity contribution is 0.0995. The maximum atomic E-state index is 11.7. The molecule has 0 saturated carbocycles. The molecular formula is C10H12N2O5S. The van der Waals surface area contributed by atoms with Crippen molar-refractivity contribution in [1.82, 2.24) is 4.98 Å². The van der Waals surface area contributed by atoms with Gasteiger partial charge in [0.05, 0.1) is 10.5 Å². The van der Waals surface area contributed by atoms with E-state index in [1.807, 2.05) is 0 Å². The summed E-state index contributed by atoms with van der Waals surface area (Å²) in [7, 11) is -3.94. The van der Waals surface area contributed by atoms with Crippen LogP contribution in [0.25, 0.3) is 0 Å². The van der Waals surface area contributed by atoms with Crippen molar-refractivity contribution in [2.45, 2.75) is 18.7 Å². The Balaban J connectivity index is 4.09. The molecule has 0 spiro atoms. The zero-order valence-corrected chi connectivity index (χ0v) is 10.8. The van der Waals surface area contributed by atoms with Crippen LogP contribution in [-0.4, -0.2) is 31.3 Å². The summed E-state index contributed by atoms with van der Waals surface area (Å²) in [5, 5.41) is 0. The molecule has 0 atom stereocenters. The van der Waals surface area contributed by atoms with E-state index in [1.165, 1.54) is 6.92 Å². The van der Waals surface area contributed by atoms with Crippen molar-refractivity contribution in [3.8, 4) is 0 Å². The number of Topliss-reactive ketones (excluding diaryl/α,β-unsaturated/α-hetero) is 1. The van der Waals surface area contributed by atoms with E-state index in [2.05, 4.69) is 4.98 Å². The number of carbonyl (C=O) groups excluding carboxylic acids is 2. The summed E-state index contributed by atoms with van der Waals surface area (Å²) in [5.74, 6) is -1.77. The van der Waals surface area contributed by atoms with Gasteiger partial charge in [-0.25, -0.2) is 8.42 Å². The van der Waals surface area contributed by atoms with E-state index in [9.17, 15) is 22.8 Å². The highest BCUT2D eigenvalue weighted by atomic mass is 32.2. The average Bonchev–Trinajstić information content (AvgIpc) is 2.13. The summed E-state index contributed by atoms with van der Waals surface area (Å²) in [6.07, 6.45) is 0.806. The van der Waals surface area contributed by atoms with Crippen molar-refractivity contribution < 1.29 is 18.0 Å². The fraction of sp³-hybridized carbons (Fsp3) is 0.300. The molecule has 8 heteroatoms. The summed E-state index contributed by atoms with van der Waals surface area (Å²) in [6.45, 7) is 2.51. The number of amides is 1. The molecule has 0 aromatic carbocycles. The Morgan fingerprint density at radius 3 is 2.06 bits per heavy atom. The van der Waals surface area contributed by atoms with Gasteiger partial charge >= 0.3 is 0 Å². The number of pyridine rings is 1. The normalized spacial score (nSPS) is 11.3. The smallest absolute Gasteiger partial charge is 0.262 e. The van der Waals surface area contributed by atoms with Crippen molar-refractivity contribution in [2.75, 3.05) is 6.26 Å². The Kier molecular flexibility index (Phi) is 3.43. The number of nitrogens with one attached hydrogen (secondary N) is 1. The van der Waals surface area contributed by atoms with Gasteiger partial charge in [-0.05, 0) is 13.8 Å². The highest BCUT2D eigenvalue weighted by molar-refractivity contribution is 7.90. The van der Waals surface area contributed by atoms with Crippen molar-refractivity contribution in [2.24, 2.45) is 5.73 Å². The van der Waals surface area contributed by atoms with Crippen LogP contribution in [0.3, 0.4) is 0 Å². The van der Waals surface area contributed by atoms with Gasteiger partial charge in [0.2, 0.25) is 0 Å². The molecule has 0 aliphatic heterocycles. The van der Waals surface area contributed by atoms with Crippen molar-refractivity contribution in [3.63, 3.8) is 0 Å². The first-order valence-corrected chi connectivity index (χ1v) is 6.74.